The van der Waals surface area contributed by atoms with Crippen LogP contribution in [0, 0.1) is 12.4 Å². The van der Waals surface area contributed by atoms with Gasteiger partial charge in [0.25, 0.3) is 11.4 Å². The van der Waals surface area contributed by atoms with Crippen molar-refractivity contribution >= 4 is 11.6 Å². The summed E-state index contributed by atoms with van der Waals surface area (Å²) in [5.74, 6) is -2.28. The van der Waals surface area contributed by atoms with Crippen LogP contribution in [0.25, 0.3) is 4.85 Å². The van der Waals surface area contributed by atoms with Gasteiger partial charge in [0.2, 0.25) is 5.82 Å². The Morgan fingerprint density at radius 2 is 2.12 bits per heavy atom. The van der Waals surface area contributed by atoms with Gasteiger partial charge < -0.3 is 4.85 Å². The van der Waals surface area contributed by atoms with Crippen molar-refractivity contribution < 1.29 is 22.4 Å². The predicted octanol–water partition coefficient (Wildman–Crippen LogP) is 2.97. The van der Waals surface area contributed by atoms with E-state index in [0.717, 1.165) is 23.1 Å². The number of alkyl halides is 3. The van der Waals surface area contributed by atoms with Gasteiger partial charge in [-0.2, -0.15) is 17.6 Å². The molecule has 0 aromatic carbocycles. The average Bonchev–Trinajstić information content (AvgIpc) is 2.84. The van der Waals surface area contributed by atoms with Crippen LogP contribution in [-0.2, 0) is 22.9 Å². The molecule has 2 aromatic heterocycles. The number of nitrogens with zero attached hydrogens (tertiary/aromatic N) is 3. The van der Waals surface area contributed by atoms with Crippen molar-refractivity contribution in [3.8, 4) is 0 Å². The summed E-state index contributed by atoms with van der Waals surface area (Å²) in [6.07, 6.45) is -1.86. The summed E-state index contributed by atoms with van der Waals surface area (Å²) in [7, 11) is 0. The normalized spacial score (nSPS) is 16.0. The highest BCUT2D eigenvalue weighted by atomic mass is 19.4. The standard InChI is InChI=1S/C16H12F4N4O2/c1-21-13-10(16(18,19)20)5-9(7-22-13)6-12(25)15(3-2-4-15)24-8-11(17)14(26)23-24/h5,7-8H,2-4,6H2,(H,23,26). The van der Waals surface area contributed by atoms with Gasteiger partial charge in [-0.1, -0.05) is 12.6 Å². The second kappa shape index (κ2) is 6.09. The summed E-state index contributed by atoms with van der Waals surface area (Å²) in [6, 6.07) is 0.726. The molecule has 1 N–H and O–H groups in total. The van der Waals surface area contributed by atoms with Crippen LogP contribution >= 0.6 is 0 Å². The van der Waals surface area contributed by atoms with E-state index in [0.29, 0.717) is 19.3 Å². The van der Waals surface area contributed by atoms with E-state index in [-0.39, 0.29) is 12.0 Å². The van der Waals surface area contributed by atoms with Gasteiger partial charge in [-0.15, -0.1) is 4.98 Å². The molecule has 0 unspecified atom stereocenters. The maximum atomic E-state index is 13.3. The molecule has 10 heteroatoms. The predicted molar refractivity (Wildman–Crippen MR) is 81.0 cm³/mol. The van der Waals surface area contributed by atoms with E-state index in [1.54, 1.807) is 0 Å². The zero-order chi connectivity index (χ0) is 19.1. The van der Waals surface area contributed by atoms with E-state index in [2.05, 4.69) is 14.9 Å². The van der Waals surface area contributed by atoms with Gasteiger partial charge in [0.05, 0.1) is 11.8 Å². The first-order valence-electron chi connectivity index (χ1n) is 7.62. The molecular weight excluding hydrogens is 356 g/mol. The number of hydrogen-bond acceptors (Lipinski definition) is 3. The Labute approximate surface area is 144 Å². The Morgan fingerprint density at radius 3 is 2.58 bits per heavy atom. The van der Waals surface area contributed by atoms with E-state index in [9.17, 15) is 27.2 Å². The molecule has 26 heavy (non-hydrogen) atoms. The SMILES string of the molecule is [C-]#[N+]c1ncc(CC(=O)C2(n3cc(F)c(=O)[nH]3)CCC2)cc1C(F)(F)F. The zero-order valence-electron chi connectivity index (χ0n) is 13.2. The van der Waals surface area contributed by atoms with Gasteiger partial charge in [0, 0.05) is 12.0 Å². The fourth-order valence-corrected chi connectivity index (χ4v) is 3.01. The second-order valence-corrected chi connectivity index (χ2v) is 6.10. The summed E-state index contributed by atoms with van der Waals surface area (Å²) < 4.78 is 53.5. The Morgan fingerprint density at radius 1 is 1.42 bits per heavy atom. The van der Waals surface area contributed by atoms with Gasteiger partial charge in [-0.05, 0) is 19.3 Å². The van der Waals surface area contributed by atoms with Crippen LogP contribution in [0.5, 0.6) is 0 Å². The lowest BCUT2D eigenvalue weighted by Gasteiger charge is -2.41. The summed E-state index contributed by atoms with van der Waals surface area (Å²) in [4.78, 5) is 30.2. The number of rotatable bonds is 4. The fourth-order valence-electron chi connectivity index (χ4n) is 3.01. The van der Waals surface area contributed by atoms with Crippen molar-refractivity contribution in [1.82, 2.24) is 14.8 Å². The van der Waals surface area contributed by atoms with Crippen LogP contribution in [0.2, 0.25) is 0 Å². The lowest BCUT2D eigenvalue weighted by Crippen LogP contribution is -2.49. The summed E-state index contributed by atoms with van der Waals surface area (Å²) in [6.45, 7) is 6.77. The quantitative estimate of drug-likeness (QED) is 0.666. The minimum atomic E-state index is -4.77. The molecule has 1 fully saturated rings. The summed E-state index contributed by atoms with van der Waals surface area (Å²) in [5.41, 5.74) is -3.36. The topological polar surface area (TPSA) is 72.1 Å². The molecule has 0 aliphatic heterocycles. The van der Waals surface area contributed by atoms with E-state index < -0.39 is 40.3 Å². The number of aromatic nitrogens is 3. The molecule has 0 amide bonds. The number of nitrogens with one attached hydrogen (secondary N) is 1. The highest BCUT2D eigenvalue weighted by molar-refractivity contribution is 5.89. The Hall–Kier alpha value is -2.96. The van der Waals surface area contributed by atoms with Crippen LogP contribution in [0.4, 0.5) is 23.4 Å². The lowest BCUT2D eigenvalue weighted by atomic mass is 9.72. The molecule has 0 saturated heterocycles. The molecule has 6 nitrogen and oxygen atoms in total. The van der Waals surface area contributed by atoms with Crippen LogP contribution in [0.3, 0.4) is 0 Å². The van der Waals surface area contributed by atoms with Crippen molar-refractivity contribution in [3.63, 3.8) is 0 Å². The van der Waals surface area contributed by atoms with Crippen molar-refractivity contribution in [2.24, 2.45) is 0 Å². The van der Waals surface area contributed by atoms with Gasteiger partial charge in [0.15, 0.2) is 5.78 Å². The number of ketones is 1. The van der Waals surface area contributed by atoms with Crippen molar-refractivity contribution in [2.45, 2.75) is 37.4 Å². The number of carbonyl (C=O) groups is 1. The average molecular weight is 368 g/mol. The molecular formula is C16H12F4N4O2. The minimum Gasteiger partial charge on any atom is -0.360 e. The molecule has 3 rings (SSSR count). The Bertz CT molecular complexity index is 964. The first-order valence-corrected chi connectivity index (χ1v) is 7.62. The van der Waals surface area contributed by atoms with Gasteiger partial charge in [-0.25, -0.2) is 0 Å². The maximum Gasteiger partial charge on any atom is 0.409 e. The highest BCUT2D eigenvalue weighted by Gasteiger charge is 2.46. The van der Waals surface area contributed by atoms with Crippen molar-refractivity contribution in [2.75, 3.05) is 0 Å². The third kappa shape index (κ3) is 2.89. The second-order valence-electron chi connectivity index (χ2n) is 6.10. The molecule has 1 saturated carbocycles. The smallest absolute Gasteiger partial charge is 0.360 e. The number of Topliss-reactive ketones (excluding diaryl/α,β-unsaturated/α-hetero) is 1. The Balaban J connectivity index is 1.92. The van der Waals surface area contributed by atoms with Gasteiger partial charge >= 0.3 is 6.18 Å². The van der Waals surface area contributed by atoms with Gasteiger partial charge in [-0.3, -0.25) is 19.4 Å². The summed E-state index contributed by atoms with van der Waals surface area (Å²) in [5, 5.41) is 2.24. The first-order chi connectivity index (χ1) is 12.2. The molecule has 1 aliphatic carbocycles. The largest absolute Gasteiger partial charge is 0.409 e. The number of H-pyrrole nitrogens is 1. The van der Waals surface area contributed by atoms with Crippen LogP contribution in [-0.4, -0.2) is 20.5 Å². The molecule has 0 atom stereocenters. The van der Waals surface area contributed by atoms with Gasteiger partial charge in [0.1, 0.15) is 11.7 Å². The fraction of sp³-hybridized carbons (Fsp3) is 0.375. The molecule has 2 heterocycles. The number of pyridine rings is 1. The van der Waals surface area contributed by atoms with E-state index >= 15 is 0 Å². The number of hydrogen-bond donors (Lipinski definition) is 1. The molecule has 1 aliphatic rings. The minimum absolute atomic E-state index is 0.00373. The van der Waals surface area contributed by atoms with E-state index in [4.69, 9.17) is 6.57 Å². The molecule has 0 spiro atoms. The number of aromatic amines is 1. The molecule has 0 bridgehead atoms. The third-order valence-corrected chi connectivity index (χ3v) is 4.54. The molecule has 2 aromatic rings. The number of carbonyl (C=O) groups excluding carboxylic acids is 1. The van der Waals surface area contributed by atoms with Crippen molar-refractivity contribution in [3.05, 3.63) is 57.2 Å². The Kier molecular flexibility index (Phi) is 4.18. The van der Waals surface area contributed by atoms with Crippen LogP contribution in [0.1, 0.15) is 30.4 Å². The zero-order valence-corrected chi connectivity index (χ0v) is 13.2. The number of halogens is 4. The molecule has 0 radical (unpaired) electrons. The van der Waals surface area contributed by atoms with E-state index in [1.165, 1.54) is 0 Å². The third-order valence-electron chi connectivity index (χ3n) is 4.54. The first kappa shape index (κ1) is 17.8. The van der Waals surface area contributed by atoms with E-state index in [1.807, 2.05) is 0 Å². The van der Waals surface area contributed by atoms with Crippen LogP contribution < -0.4 is 5.56 Å². The monoisotopic (exact) mass is 368 g/mol. The van der Waals surface area contributed by atoms with Crippen molar-refractivity contribution in [1.29, 1.82) is 0 Å². The van der Waals surface area contributed by atoms with Crippen LogP contribution in [0.15, 0.2) is 23.3 Å². The summed E-state index contributed by atoms with van der Waals surface area (Å²) >= 11 is 0. The lowest BCUT2D eigenvalue weighted by molar-refractivity contribution is -0.137. The highest BCUT2D eigenvalue weighted by Crippen LogP contribution is 2.41. The molecule has 136 valence electrons. The maximum absolute atomic E-state index is 13.3.